The van der Waals surface area contributed by atoms with Crippen molar-refractivity contribution < 1.29 is 4.79 Å². The molecule has 5 aromatic rings. The molecule has 0 aliphatic rings. The normalized spacial score (nSPS) is 11.7. The number of carbonyl (C=O) groups is 1. The molecule has 0 aliphatic heterocycles. The Morgan fingerprint density at radius 1 is 1.06 bits per heavy atom. The highest BCUT2D eigenvalue weighted by Crippen LogP contribution is 2.26. The Labute approximate surface area is 182 Å². The zero-order chi connectivity index (χ0) is 21.5. The third-order valence-corrected chi connectivity index (χ3v) is 6.36. The molecule has 5 rings (SSSR count). The molecule has 31 heavy (non-hydrogen) atoms. The average Bonchev–Trinajstić information content (AvgIpc) is 3.35. The van der Waals surface area contributed by atoms with Gasteiger partial charge in [0, 0.05) is 28.7 Å². The average molecular weight is 432 g/mol. The highest BCUT2D eigenvalue weighted by molar-refractivity contribution is 7.99. The molecule has 0 atom stereocenters. The highest BCUT2D eigenvalue weighted by atomic mass is 32.2. The molecule has 0 radical (unpaired) electrons. The van der Waals surface area contributed by atoms with E-state index in [0.29, 0.717) is 28.4 Å². The van der Waals surface area contributed by atoms with Crippen LogP contribution in [0.4, 0.5) is 0 Å². The topological polar surface area (TPSA) is 85.0 Å². The molecule has 0 bridgehead atoms. The van der Waals surface area contributed by atoms with Crippen LogP contribution in [0.25, 0.3) is 27.6 Å². The standard InChI is InChI=1S/C23H21N5O2S/c1-3-12-27-21(30)16-9-5-7-11-18(16)28-22(27)25-26-23(28)31-13-19(29)20-14(2)24-17-10-6-4-8-15(17)20/h4-11,24H,3,12-13H2,1-2H3. The van der Waals surface area contributed by atoms with E-state index in [1.165, 1.54) is 11.8 Å². The van der Waals surface area contributed by atoms with E-state index in [0.717, 1.165) is 28.5 Å². The van der Waals surface area contributed by atoms with Gasteiger partial charge in [-0.25, -0.2) is 0 Å². The first-order chi connectivity index (χ1) is 15.1. The van der Waals surface area contributed by atoms with E-state index in [1.807, 2.05) is 66.8 Å². The molecule has 0 aliphatic carbocycles. The number of ketones is 1. The van der Waals surface area contributed by atoms with E-state index >= 15 is 0 Å². The first kappa shape index (κ1) is 19.6. The maximum atomic E-state index is 13.1. The Hall–Kier alpha value is -3.39. The smallest absolute Gasteiger partial charge is 0.262 e. The van der Waals surface area contributed by atoms with Gasteiger partial charge in [-0.2, -0.15) is 0 Å². The molecular formula is C23H21N5O2S. The fraction of sp³-hybridized carbons (Fsp3) is 0.217. The van der Waals surface area contributed by atoms with Crippen molar-refractivity contribution in [2.24, 2.45) is 0 Å². The predicted molar refractivity (Wildman–Crippen MR) is 123 cm³/mol. The van der Waals surface area contributed by atoms with E-state index < -0.39 is 0 Å². The number of aromatic amines is 1. The number of nitrogens with one attached hydrogen (secondary N) is 1. The fourth-order valence-corrected chi connectivity index (χ4v) is 4.90. The van der Waals surface area contributed by atoms with Gasteiger partial charge in [0.1, 0.15) is 0 Å². The second-order valence-corrected chi connectivity index (χ2v) is 8.42. The number of rotatable bonds is 6. The van der Waals surface area contributed by atoms with E-state index in [1.54, 1.807) is 4.57 Å². The molecule has 0 spiro atoms. The van der Waals surface area contributed by atoms with Crippen LogP contribution >= 0.6 is 11.8 Å². The maximum Gasteiger partial charge on any atom is 0.262 e. The van der Waals surface area contributed by atoms with E-state index in [4.69, 9.17) is 0 Å². The van der Waals surface area contributed by atoms with Crippen molar-refractivity contribution in [2.75, 3.05) is 5.75 Å². The molecule has 0 saturated carbocycles. The first-order valence-electron chi connectivity index (χ1n) is 10.2. The molecular weight excluding hydrogens is 410 g/mol. The van der Waals surface area contributed by atoms with Crippen LogP contribution in [0.15, 0.2) is 58.5 Å². The first-order valence-corrected chi connectivity index (χ1v) is 11.2. The van der Waals surface area contributed by atoms with Crippen LogP contribution in [0.5, 0.6) is 0 Å². The molecule has 156 valence electrons. The summed E-state index contributed by atoms with van der Waals surface area (Å²) in [6.07, 6.45) is 0.807. The van der Waals surface area contributed by atoms with Crippen molar-refractivity contribution in [3.8, 4) is 0 Å². The van der Waals surface area contributed by atoms with Crippen molar-refractivity contribution in [1.82, 2.24) is 24.1 Å². The Kier molecular flexibility index (Phi) is 4.86. The zero-order valence-electron chi connectivity index (χ0n) is 17.3. The molecule has 2 aromatic carbocycles. The molecule has 0 amide bonds. The van der Waals surface area contributed by atoms with Gasteiger partial charge in [0.15, 0.2) is 10.9 Å². The molecule has 8 heteroatoms. The van der Waals surface area contributed by atoms with Gasteiger partial charge in [-0.3, -0.25) is 18.6 Å². The molecule has 0 unspecified atom stereocenters. The lowest BCUT2D eigenvalue weighted by molar-refractivity contribution is 0.102. The van der Waals surface area contributed by atoms with Gasteiger partial charge in [0.2, 0.25) is 5.78 Å². The van der Waals surface area contributed by atoms with E-state index in [2.05, 4.69) is 15.2 Å². The number of hydrogen-bond acceptors (Lipinski definition) is 5. The van der Waals surface area contributed by atoms with Crippen molar-refractivity contribution in [2.45, 2.75) is 32.0 Å². The third kappa shape index (κ3) is 3.14. The SMILES string of the molecule is CCCn1c(=O)c2ccccc2n2c(SCC(=O)c3c(C)[nH]c4ccccc34)nnc12. The van der Waals surface area contributed by atoms with Crippen LogP contribution in [0.2, 0.25) is 0 Å². The summed E-state index contributed by atoms with van der Waals surface area (Å²) in [5.74, 6) is 0.761. The summed E-state index contributed by atoms with van der Waals surface area (Å²) in [6.45, 7) is 4.50. The fourth-order valence-electron chi connectivity index (χ4n) is 4.09. The summed E-state index contributed by atoms with van der Waals surface area (Å²) in [4.78, 5) is 29.3. The molecule has 0 saturated heterocycles. The van der Waals surface area contributed by atoms with Gasteiger partial charge >= 0.3 is 0 Å². The summed E-state index contributed by atoms with van der Waals surface area (Å²) in [7, 11) is 0. The number of H-pyrrole nitrogens is 1. The number of nitrogens with zero attached hydrogens (tertiary/aromatic N) is 4. The summed E-state index contributed by atoms with van der Waals surface area (Å²) in [5.41, 5.74) is 3.21. The van der Waals surface area contributed by atoms with Gasteiger partial charge in [-0.05, 0) is 31.5 Å². The molecule has 3 aromatic heterocycles. The van der Waals surface area contributed by atoms with Crippen LogP contribution < -0.4 is 5.56 Å². The lowest BCUT2D eigenvalue weighted by atomic mass is 10.1. The van der Waals surface area contributed by atoms with Gasteiger partial charge in [-0.15, -0.1) is 10.2 Å². The number of carbonyl (C=O) groups excluding carboxylic acids is 1. The van der Waals surface area contributed by atoms with Crippen molar-refractivity contribution >= 4 is 45.1 Å². The summed E-state index contributed by atoms with van der Waals surface area (Å²) in [6, 6.07) is 15.3. The Bertz CT molecular complexity index is 1510. The third-order valence-electron chi connectivity index (χ3n) is 5.43. The molecule has 0 fully saturated rings. The zero-order valence-corrected chi connectivity index (χ0v) is 18.1. The number of aryl methyl sites for hydroxylation is 2. The second kappa shape index (κ2) is 7.70. The largest absolute Gasteiger partial charge is 0.358 e. The number of benzene rings is 2. The van der Waals surface area contributed by atoms with E-state index in [-0.39, 0.29) is 17.1 Å². The minimum Gasteiger partial charge on any atom is -0.358 e. The van der Waals surface area contributed by atoms with Crippen molar-refractivity contribution in [3.63, 3.8) is 0 Å². The number of thioether (sulfide) groups is 1. The molecule has 3 heterocycles. The van der Waals surface area contributed by atoms with E-state index in [9.17, 15) is 9.59 Å². The Morgan fingerprint density at radius 3 is 2.61 bits per heavy atom. The minimum atomic E-state index is -0.0700. The highest BCUT2D eigenvalue weighted by Gasteiger charge is 2.20. The number of aromatic nitrogens is 5. The van der Waals surface area contributed by atoms with Crippen molar-refractivity contribution in [3.05, 3.63) is 70.1 Å². The van der Waals surface area contributed by atoms with Gasteiger partial charge in [-0.1, -0.05) is 49.0 Å². The minimum absolute atomic E-state index is 0.0304. The van der Waals surface area contributed by atoms with Crippen molar-refractivity contribution in [1.29, 1.82) is 0 Å². The number of para-hydroxylation sites is 2. The van der Waals surface area contributed by atoms with Gasteiger partial charge in [0.05, 0.1) is 16.7 Å². The summed E-state index contributed by atoms with van der Waals surface area (Å²) in [5, 5.41) is 10.8. The summed E-state index contributed by atoms with van der Waals surface area (Å²) >= 11 is 1.34. The number of Topliss-reactive ketones (excluding diaryl/α,β-unsaturated/α-hetero) is 1. The predicted octanol–water partition coefficient (Wildman–Crippen LogP) is 4.22. The monoisotopic (exact) mass is 431 g/mol. The molecule has 1 N–H and O–H groups in total. The van der Waals surface area contributed by atoms with Crippen LogP contribution in [0.1, 0.15) is 29.4 Å². The quantitative estimate of drug-likeness (QED) is 0.321. The Morgan fingerprint density at radius 2 is 1.81 bits per heavy atom. The maximum absolute atomic E-state index is 13.1. The summed E-state index contributed by atoms with van der Waals surface area (Å²) < 4.78 is 3.54. The van der Waals surface area contributed by atoms with Gasteiger partial charge in [0.25, 0.3) is 5.56 Å². The van der Waals surface area contributed by atoms with Gasteiger partial charge < -0.3 is 4.98 Å². The van der Waals surface area contributed by atoms with Crippen LogP contribution in [-0.2, 0) is 6.54 Å². The van der Waals surface area contributed by atoms with Crippen LogP contribution in [-0.4, -0.2) is 35.7 Å². The van der Waals surface area contributed by atoms with Crippen LogP contribution in [0.3, 0.4) is 0 Å². The number of hydrogen-bond donors (Lipinski definition) is 1. The molecule has 7 nitrogen and oxygen atoms in total. The van der Waals surface area contributed by atoms with Crippen LogP contribution in [0, 0.1) is 6.92 Å². The lowest BCUT2D eigenvalue weighted by Gasteiger charge is -2.10. The number of fused-ring (bicyclic) bond motifs is 4. The Balaban J connectivity index is 1.56. The second-order valence-electron chi connectivity index (χ2n) is 7.47. The lowest BCUT2D eigenvalue weighted by Crippen LogP contribution is -2.23.